The van der Waals surface area contributed by atoms with E-state index in [1.807, 2.05) is 0 Å². The van der Waals surface area contributed by atoms with Gasteiger partial charge >= 0.3 is 6.18 Å². The zero-order chi connectivity index (χ0) is 6.78. The van der Waals surface area contributed by atoms with Gasteiger partial charge in [-0.2, -0.15) is 13.2 Å². The molecule has 1 atom stereocenters. The van der Waals surface area contributed by atoms with Gasteiger partial charge in [-0.25, -0.2) is 0 Å². The summed E-state index contributed by atoms with van der Waals surface area (Å²) in [6, 6.07) is 0. The van der Waals surface area contributed by atoms with E-state index in [0.29, 0.717) is 0 Å². The van der Waals surface area contributed by atoms with E-state index in [-0.39, 0.29) is 0 Å². The first-order valence-corrected chi connectivity index (χ1v) is 2.32. The second kappa shape index (κ2) is 2.55. The van der Waals surface area contributed by atoms with Crippen LogP contribution < -0.4 is 5.73 Å². The number of hydrogen-bond acceptors (Lipinski definition) is 1. The topological polar surface area (TPSA) is 26.0 Å². The quantitative estimate of drug-likeness (QED) is 0.441. The zero-order valence-electron chi connectivity index (χ0n) is 3.87. The normalized spacial score (nSPS) is 16.1. The highest BCUT2D eigenvalue weighted by Crippen LogP contribution is 2.21. The maximum Gasteiger partial charge on any atom is 0.391 e. The summed E-state index contributed by atoms with van der Waals surface area (Å²) in [4.78, 5) is 0. The first-order valence-electron chi connectivity index (χ1n) is 1.88. The molecule has 0 spiro atoms. The largest absolute Gasteiger partial charge is 0.391 e. The molecule has 8 heavy (non-hydrogen) atoms. The molecular formula is C3H5ClF3N. The maximum absolute atomic E-state index is 11.1. The van der Waals surface area contributed by atoms with Gasteiger partial charge in [0.15, 0.2) is 0 Å². The molecular weight excluding hydrogens is 142 g/mol. The molecule has 0 aliphatic rings. The summed E-state index contributed by atoms with van der Waals surface area (Å²) in [5.41, 5.74) is 3.31. The van der Waals surface area contributed by atoms with Crippen molar-refractivity contribution in [3.8, 4) is 0 Å². The molecule has 50 valence electrons. The Bertz CT molecular complexity index is 69.4. The fraction of sp³-hybridized carbons (Fsp3) is 1.00. The predicted octanol–water partition coefficient (Wildman–Crippen LogP) is 1.46. The molecule has 0 heterocycles. The average molecular weight is 148 g/mol. The van der Waals surface area contributed by atoms with Crippen molar-refractivity contribution >= 4 is 11.6 Å². The van der Waals surface area contributed by atoms with Crippen LogP contribution in [0, 0.1) is 0 Å². The Morgan fingerprint density at radius 1 is 1.50 bits per heavy atom. The molecule has 2 N–H and O–H groups in total. The summed E-state index contributed by atoms with van der Waals surface area (Å²) in [6.45, 7) is 0. The summed E-state index contributed by atoms with van der Waals surface area (Å²) < 4.78 is 33.4. The Kier molecular flexibility index (Phi) is 2.56. The summed E-state index contributed by atoms with van der Waals surface area (Å²) >= 11 is 4.82. The Hall–Kier alpha value is 0.0400. The van der Waals surface area contributed by atoms with Crippen LogP contribution in [-0.4, -0.2) is 11.7 Å². The van der Waals surface area contributed by atoms with Gasteiger partial charge in [-0.05, 0) is 0 Å². The summed E-state index contributed by atoms with van der Waals surface area (Å²) in [6.07, 6.45) is -5.37. The van der Waals surface area contributed by atoms with Crippen LogP contribution in [0.25, 0.3) is 0 Å². The first kappa shape index (κ1) is 8.04. The van der Waals surface area contributed by atoms with Crippen LogP contribution >= 0.6 is 11.6 Å². The molecule has 0 fully saturated rings. The first-order chi connectivity index (χ1) is 3.42. The lowest BCUT2D eigenvalue weighted by Crippen LogP contribution is -2.21. The van der Waals surface area contributed by atoms with Gasteiger partial charge in [0.2, 0.25) is 0 Å². The fourth-order valence-corrected chi connectivity index (χ4v) is 0.396. The van der Waals surface area contributed by atoms with Crippen LogP contribution in [0.5, 0.6) is 0 Å². The van der Waals surface area contributed by atoms with Crippen molar-refractivity contribution in [1.29, 1.82) is 0 Å². The molecule has 0 aliphatic carbocycles. The van der Waals surface area contributed by atoms with Crippen LogP contribution in [0.4, 0.5) is 13.2 Å². The van der Waals surface area contributed by atoms with Crippen molar-refractivity contribution in [3.63, 3.8) is 0 Å². The Morgan fingerprint density at radius 3 is 1.88 bits per heavy atom. The van der Waals surface area contributed by atoms with Gasteiger partial charge in [-0.1, -0.05) is 0 Å². The third-order valence-corrected chi connectivity index (χ3v) is 0.581. The standard InChI is InChI=1S/C3H5ClF3N/c4-2(8)1-3(5,6)7/h2H,1,8H2. The number of hydrogen-bond donors (Lipinski definition) is 1. The van der Waals surface area contributed by atoms with E-state index in [1.54, 1.807) is 0 Å². The van der Waals surface area contributed by atoms with Gasteiger partial charge in [0.05, 0.1) is 11.9 Å². The second-order valence-corrected chi connectivity index (χ2v) is 1.90. The van der Waals surface area contributed by atoms with E-state index < -0.39 is 18.1 Å². The van der Waals surface area contributed by atoms with Crippen LogP contribution in [-0.2, 0) is 0 Å². The number of rotatable bonds is 1. The molecule has 0 aromatic rings. The van der Waals surface area contributed by atoms with Gasteiger partial charge in [0.1, 0.15) is 0 Å². The van der Waals surface area contributed by atoms with Gasteiger partial charge in [-0.15, -0.1) is 11.6 Å². The maximum atomic E-state index is 11.1. The third kappa shape index (κ3) is 6.04. The third-order valence-electron chi connectivity index (χ3n) is 0.426. The van der Waals surface area contributed by atoms with E-state index in [9.17, 15) is 13.2 Å². The van der Waals surface area contributed by atoms with Gasteiger partial charge in [0.25, 0.3) is 0 Å². The smallest absolute Gasteiger partial charge is 0.315 e. The Labute approximate surface area is 49.6 Å². The number of alkyl halides is 4. The van der Waals surface area contributed by atoms with Crippen LogP contribution in [0.1, 0.15) is 6.42 Å². The Balaban J connectivity index is 3.39. The molecule has 0 aromatic heterocycles. The lowest BCUT2D eigenvalue weighted by molar-refractivity contribution is -0.134. The van der Waals surface area contributed by atoms with E-state index in [1.165, 1.54) is 0 Å². The van der Waals surface area contributed by atoms with Gasteiger partial charge in [-0.3, -0.25) is 0 Å². The van der Waals surface area contributed by atoms with Crippen molar-refractivity contribution in [2.75, 3.05) is 0 Å². The summed E-state index contributed by atoms with van der Waals surface area (Å²) in [5, 5.41) is 0. The van der Waals surface area contributed by atoms with E-state index in [4.69, 9.17) is 11.6 Å². The van der Waals surface area contributed by atoms with Crippen LogP contribution in [0.3, 0.4) is 0 Å². The average Bonchev–Trinajstić information content (AvgIpc) is 1.21. The van der Waals surface area contributed by atoms with Gasteiger partial charge in [0, 0.05) is 0 Å². The lowest BCUT2D eigenvalue weighted by atomic mass is 10.4. The lowest BCUT2D eigenvalue weighted by Gasteiger charge is -2.05. The minimum Gasteiger partial charge on any atom is -0.315 e. The molecule has 0 saturated heterocycles. The van der Waals surface area contributed by atoms with E-state index >= 15 is 0 Å². The minimum atomic E-state index is -4.23. The van der Waals surface area contributed by atoms with Crippen molar-refractivity contribution in [2.45, 2.75) is 18.1 Å². The molecule has 0 bridgehead atoms. The minimum absolute atomic E-state index is 1.13. The number of halogens is 4. The molecule has 0 rings (SSSR count). The highest BCUT2D eigenvalue weighted by molar-refractivity contribution is 6.20. The van der Waals surface area contributed by atoms with Crippen molar-refractivity contribution in [2.24, 2.45) is 5.73 Å². The molecule has 5 heteroatoms. The Morgan fingerprint density at radius 2 is 1.88 bits per heavy atom. The van der Waals surface area contributed by atoms with Crippen molar-refractivity contribution < 1.29 is 13.2 Å². The van der Waals surface area contributed by atoms with Crippen LogP contribution in [0.2, 0.25) is 0 Å². The van der Waals surface area contributed by atoms with Crippen molar-refractivity contribution in [1.82, 2.24) is 0 Å². The monoisotopic (exact) mass is 147 g/mol. The molecule has 1 unspecified atom stereocenters. The fourth-order valence-electron chi connectivity index (χ4n) is 0.221. The molecule has 0 aliphatic heterocycles. The molecule has 0 radical (unpaired) electrons. The zero-order valence-corrected chi connectivity index (χ0v) is 4.63. The predicted molar refractivity (Wildman–Crippen MR) is 24.5 cm³/mol. The highest BCUT2D eigenvalue weighted by Gasteiger charge is 2.29. The molecule has 0 amide bonds. The summed E-state index contributed by atoms with van der Waals surface area (Å²) in [5.74, 6) is 0. The molecule has 0 aromatic carbocycles. The van der Waals surface area contributed by atoms with Gasteiger partial charge < -0.3 is 5.73 Å². The number of nitrogens with two attached hydrogens (primary N) is 1. The van der Waals surface area contributed by atoms with E-state index in [0.717, 1.165) is 0 Å². The SMILES string of the molecule is NC(Cl)CC(F)(F)F. The molecule has 0 saturated carbocycles. The van der Waals surface area contributed by atoms with Crippen LogP contribution in [0.15, 0.2) is 0 Å². The van der Waals surface area contributed by atoms with E-state index in [2.05, 4.69) is 5.73 Å². The molecule has 1 nitrogen and oxygen atoms in total. The van der Waals surface area contributed by atoms with Crippen molar-refractivity contribution in [3.05, 3.63) is 0 Å². The highest BCUT2D eigenvalue weighted by atomic mass is 35.5. The second-order valence-electron chi connectivity index (χ2n) is 1.34. The summed E-state index contributed by atoms with van der Waals surface area (Å²) in [7, 11) is 0.